The van der Waals surface area contributed by atoms with E-state index in [9.17, 15) is 9.59 Å². The Balaban J connectivity index is 1.98. The summed E-state index contributed by atoms with van der Waals surface area (Å²) < 4.78 is 16.0. The van der Waals surface area contributed by atoms with Crippen molar-refractivity contribution in [3.05, 3.63) is 18.2 Å². The Bertz CT molecular complexity index is 808. The van der Waals surface area contributed by atoms with E-state index in [1.165, 1.54) is 9.80 Å². The van der Waals surface area contributed by atoms with E-state index in [2.05, 4.69) is 10.2 Å². The molecular weight excluding hydrogens is 372 g/mol. The first kappa shape index (κ1) is 20.6. The highest BCUT2D eigenvalue weighted by Gasteiger charge is 2.17. The molecule has 0 aliphatic heterocycles. The predicted molar refractivity (Wildman–Crippen MR) is 99.9 cm³/mol. The average Bonchev–Trinajstić information content (AvgIpc) is 3.14. The van der Waals surface area contributed by atoms with Crippen molar-refractivity contribution in [1.29, 1.82) is 0 Å². The normalized spacial score (nSPS) is 10.4. The third-order valence-corrected chi connectivity index (χ3v) is 4.46. The minimum Gasteiger partial charge on any atom is -0.493 e. The lowest BCUT2D eigenvalue weighted by Crippen LogP contribution is -2.38. The Labute approximate surface area is 161 Å². The van der Waals surface area contributed by atoms with E-state index in [1.54, 1.807) is 53.6 Å². The lowest BCUT2D eigenvalue weighted by molar-refractivity contribution is -0.136. The first-order valence-corrected chi connectivity index (χ1v) is 8.97. The maximum Gasteiger partial charge on any atom is 0.277 e. The molecule has 1 aromatic carbocycles. The zero-order chi connectivity index (χ0) is 20.0. The van der Waals surface area contributed by atoms with Crippen molar-refractivity contribution >= 4 is 23.6 Å². The molecular formula is C17H22N4O5S. The van der Waals surface area contributed by atoms with E-state index in [0.717, 1.165) is 11.8 Å². The van der Waals surface area contributed by atoms with Crippen molar-refractivity contribution in [3.8, 4) is 23.0 Å². The van der Waals surface area contributed by atoms with Crippen molar-refractivity contribution in [1.82, 2.24) is 20.0 Å². The molecule has 2 amide bonds. The van der Waals surface area contributed by atoms with Gasteiger partial charge in [0.1, 0.15) is 0 Å². The lowest BCUT2D eigenvalue weighted by atomic mass is 10.2. The summed E-state index contributed by atoms with van der Waals surface area (Å²) in [5, 5.41) is 8.20. The molecule has 0 fully saturated rings. The fourth-order valence-corrected chi connectivity index (χ4v) is 2.72. The molecule has 0 N–H and O–H groups in total. The van der Waals surface area contributed by atoms with Gasteiger partial charge < -0.3 is 23.7 Å². The molecule has 0 spiro atoms. The molecule has 0 radical (unpaired) electrons. The largest absolute Gasteiger partial charge is 0.493 e. The first-order valence-electron chi connectivity index (χ1n) is 7.98. The summed E-state index contributed by atoms with van der Waals surface area (Å²) >= 11 is 1.11. The Kier molecular flexibility index (Phi) is 7.05. The highest BCUT2D eigenvalue weighted by molar-refractivity contribution is 7.99. The first-order chi connectivity index (χ1) is 12.8. The van der Waals surface area contributed by atoms with Crippen LogP contribution in [0.4, 0.5) is 0 Å². The van der Waals surface area contributed by atoms with Gasteiger partial charge in [0.05, 0.1) is 26.5 Å². The number of ether oxygens (including phenoxy) is 2. The summed E-state index contributed by atoms with van der Waals surface area (Å²) in [6.45, 7) is 0.0210. The molecule has 10 heteroatoms. The molecule has 0 saturated heterocycles. The number of hydrogen-bond donors (Lipinski definition) is 0. The monoisotopic (exact) mass is 394 g/mol. The number of nitrogens with zero attached hydrogens (tertiary/aromatic N) is 4. The molecule has 27 heavy (non-hydrogen) atoms. The van der Waals surface area contributed by atoms with Crippen molar-refractivity contribution < 1.29 is 23.5 Å². The van der Waals surface area contributed by atoms with Crippen LogP contribution in [0.3, 0.4) is 0 Å². The SMILES string of the molecule is COc1ccc(-c2nnc(SCC(=O)N(C)CC(=O)N(C)C)o2)cc1OC. The van der Waals surface area contributed by atoms with Crippen molar-refractivity contribution in [2.75, 3.05) is 47.7 Å². The van der Waals surface area contributed by atoms with Gasteiger partial charge in [0.15, 0.2) is 11.5 Å². The maximum atomic E-state index is 12.1. The minimum absolute atomic E-state index is 0.0210. The fraction of sp³-hybridized carbons (Fsp3) is 0.412. The summed E-state index contributed by atoms with van der Waals surface area (Å²) in [4.78, 5) is 26.6. The van der Waals surface area contributed by atoms with E-state index in [1.807, 2.05) is 0 Å². The molecule has 146 valence electrons. The number of thioether (sulfide) groups is 1. The number of rotatable bonds is 8. The number of hydrogen-bond acceptors (Lipinski definition) is 8. The second-order valence-corrected chi connectivity index (χ2v) is 6.70. The van der Waals surface area contributed by atoms with Crippen LogP contribution in [0.5, 0.6) is 11.5 Å². The number of benzene rings is 1. The van der Waals surface area contributed by atoms with Gasteiger partial charge in [-0.05, 0) is 18.2 Å². The Hall–Kier alpha value is -2.75. The van der Waals surface area contributed by atoms with Crippen LogP contribution in [0, 0.1) is 0 Å². The second-order valence-electron chi connectivity index (χ2n) is 5.77. The van der Waals surface area contributed by atoms with Gasteiger partial charge >= 0.3 is 0 Å². The number of likely N-dealkylation sites (N-methyl/N-ethyl adjacent to an activating group) is 2. The zero-order valence-electron chi connectivity index (χ0n) is 15.9. The number of methoxy groups -OCH3 is 2. The fourth-order valence-electron chi connectivity index (χ4n) is 2.02. The van der Waals surface area contributed by atoms with E-state index in [0.29, 0.717) is 23.0 Å². The van der Waals surface area contributed by atoms with Gasteiger partial charge in [-0.2, -0.15) is 0 Å². The van der Waals surface area contributed by atoms with Crippen molar-refractivity contribution in [2.24, 2.45) is 0 Å². The number of aromatic nitrogens is 2. The van der Waals surface area contributed by atoms with Crippen LogP contribution < -0.4 is 9.47 Å². The van der Waals surface area contributed by atoms with Crippen LogP contribution >= 0.6 is 11.8 Å². The Morgan fingerprint density at radius 3 is 2.41 bits per heavy atom. The van der Waals surface area contributed by atoms with Crippen LogP contribution in [0.1, 0.15) is 0 Å². The number of carbonyl (C=O) groups is 2. The molecule has 1 aromatic heterocycles. The maximum absolute atomic E-state index is 12.1. The minimum atomic E-state index is -0.207. The molecule has 2 aromatic rings. The van der Waals surface area contributed by atoms with Crippen LogP contribution in [-0.4, -0.2) is 79.5 Å². The van der Waals surface area contributed by atoms with E-state index < -0.39 is 0 Å². The molecule has 0 saturated carbocycles. The standard InChI is InChI=1S/C17H22N4O5S/c1-20(2)14(22)9-21(3)15(23)10-27-17-19-18-16(26-17)11-6-7-12(24-4)13(8-11)25-5/h6-8H,9-10H2,1-5H3. The Morgan fingerprint density at radius 2 is 1.78 bits per heavy atom. The summed E-state index contributed by atoms with van der Waals surface area (Å²) in [6.07, 6.45) is 0. The van der Waals surface area contributed by atoms with E-state index in [4.69, 9.17) is 13.9 Å². The lowest BCUT2D eigenvalue weighted by Gasteiger charge is -2.18. The molecule has 0 aliphatic rings. The van der Waals surface area contributed by atoms with Gasteiger partial charge in [-0.3, -0.25) is 9.59 Å². The summed E-state index contributed by atoms with van der Waals surface area (Å²) in [5.41, 5.74) is 0.673. The summed E-state index contributed by atoms with van der Waals surface area (Å²) in [5.74, 6) is 1.18. The van der Waals surface area contributed by atoms with Gasteiger partial charge in [0, 0.05) is 26.7 Å². The molecule has 1 heterocycles. The average molecular weight is 394 g/mol. The van der Waals surface area contributed by atoms with Crippen LogP contribution in [-0.2, 0) is 9.59 Å². The zero-order valence-corrected chi connectivity index (χ0v) is 16.7. The smallest absolute Gasteiger partial charge is 0.277 e. The van der Waals surface area contributed by atoms with Gasteiger partial charge in [-0.1, -0.05) is 11.8 Å². The van der Waals surface area contributed by atoms with Crippen molar-refractivity contribution in [3.63, 3.8) is 0 Å². The van der Waals surface area contributed by atoms with Crippen LogP contribution in [0.25, 0.3) is 11.5 Å². The summed E-state index contributed by atoms with van der Waals surface area (Å²) in [6, 6.07) is 5.24. The van der Waals surface area contributed by atoms with E-state index >= 15 is 0 Å². The molecule has 0 aliphatic carbocycles. The molecule has 9 nitrogen and oxygen atoms in total. The topological polar surface area (TPSA) is 98.0 Å². The number of carbonyl (C=O) groups excluding carboxylic acids is 2. The third kappa shape index (κ3) is 5.36. The van der Waals surface area contributed by atoms with Gasteiger partial charge in [0.25, 0.3) is 5.22 Å². The van der Waals surface area contributed by atoms with Crippen LogP contribution in [0.15, 0.2) is 27.8 Å². The molecule has 0 unspecified atom stereocenters. The molecule has 0 atom stereocenters. The van der Waals surface area contributed by atoms with Gasteiger partial charge in [0.2, 0.25) is 17.7 Å². The highest BCUT2D eigenvalue weighted by Crippen LogP contribution is 2.32. The summed E-state index contributed by atoms with van der Waals surface area (Å²) in [7, 11) is 7.96. The quantitative estimate of drug-likeness (QED) is 0.620. The predicted octanol–water partition coefficient (Wildman–Crippen LogP) is 1.39. The Morgan fingerprint density at radius 1 is 1.07 bits per heavy atom. The van der Waals surface area contributed by atoms with Crippen LogP contribution in [0.2, 0.25) is 0 Å². The molecule has 2 rings (SSSR count). The van der Waals surface area contributed by atoms with E-state index in [-0.39, 0.29) is 29.3 Å². The number of amides is 2. The third-order valence-electron chi connectivity index (χ3n) is 3.65. The van der Waals surface area contributed by atoms with Gasteiger partial charge in [-0.15, -0.1) is 10.2 Å². The second kappa shape index (κ2) is 9.26. The van der Waals surface area contributed by atoms with Crippen molar-refractivity contribution in [2.45, 2.75) is 5.22 Å². The van der Waals surface area contributed by atoms with Gasteiger partial charge in [-0.25, -0.2) is 0 Å². The molecule has 0 bridgehead atoms. The highest BCUT2D eigenvalue weighted by atomic mass is 32.2.